The van der Waals surface area contributed by atoms with Gasteiger partial charge >= 0.3 is 0 Å². The van der Waals surface area contributed by atoms with E-state index in [1.54, 1.807) is 12.1 Å². The Morgan fingerprint density at radius 1 is 0.343 bits per heavy atom. The lowest BCUT2D eigenvalue weighted by molar-refractivity contribution is 0.436. The number of fused-ring (bicyclic) bond motifs is 8. The summed E-state index contributed by atoms with van der Waals surface area (Å²) in [5.74, 6) is 3.31. The Morgan fingerprint density at radius 3 is 1.43 bits per heavy atom. The van der Waals surface area contributed by atoms with Crippen molar-refractivity contribution in [3.63, 3.8) is 0 Å². The van der Waals surface area contributed by atoms with Gasteiger partial charge in [0.1, 0.15) is 11.5 Å². The highest BCUT2D eigenvalue weighted by molar-refractivity contribution is 6.25. The molecule has 2 heterocycles. The van der Waals surface area contributed by atoms with Gasteiger partial charge in [-0.15, -0.1) is 0 Å². The largest absolute Gasteiger partial charge is 0.456 e. The topological polar surface area (TPSA) is 71.7 Å². The molecule has 0 unspecified atom stereocenters. The molecule has 11 aromatic carbocycles. The van der Waals surface area contributed by atoms with Gasteiger partial charge in [-0.25, -0.2) is 15.0 Å². The van der Waals surface area contributed by atoms with Gasteiger partial charge < -0.3 is 4.74 Å². The molecule has 1 aliphatic heterocycles. The minimum atomic E-state index is -0.621. The summed E-state index contributed by atoms with van der Waals surface area (Å²) in [6, 6.07) is 86.9. The van der Waals surface area contributed by atoms with E-state index in [-0.39, 0.29) is 0 Å². The van der Waals surface area contributed by atoms with Gasteiger partial charge in [0.2, 0.25) is 0 Å². The molecule has 12 aromatic rings. The highest BCUT2D eigenvalue weighted by Crippen LogP contribution is 2.57. The molecule has 0 bridgehead atoms. The van der Waals surface area contributed by atoms with Gasteiger partial charge in [0.05, 0.1) is 17.0 Å². The molecular formula is C65H40N4O. The summed E-state index contributed by atoms with van der Waals surface area (Å²) < 4.78 is 7.02. The molecule has 1 aromatic heterocycles. The Labute approximate surface area is 405 Å². The number of benzene rings is 11. The van der Waals surface area contributed by atoms with Crippen LogP contribution in [0, 0.1) is 11.3 Å². The van der Waals surface area contributed by atoms with Crippen LogP contribution in [0.15, 0.2) is 243 Å². The standard InChI is InChI=1S/C65H40N4O/c66-41-42-32-34-43(35-33-42)62-67-63(69-64(68-62)48-36-37-56-54-26-8-7-24-52(54)53-25-9-10-27-55(53)57(56)40-48)47-19-14-17-45(39-47)44-16-13-18-46(38-44)51-28-15-30-59-61(51)70-60-31-12-11-29-58(60)65(59,49-20-3-1-4-21-49)50-22-5-2-6-23-50/h1-40H. The zero-order chi connectivity index (χ0) is 46.6. The Bertz CT molecular complexity index is 3970. The molecule has 0 saturated heterocycles. The highest BCUT2D eigenvalue weighted by atomic mass is 16.5. The van der Waals surface area contributed by atoms with E-state index in [1.165, 1.54) is 38.1 Å². The molecule has 0 saturated carbocycles. The maximum atomic E-state index is 9.61. The van der Waals surface area contributed by atoms with Crippen molar-refractivity contribution in [2.75, 3.05) is 0 Å². The van der Waals surface area contributed by atoms with Gasteiger partial charge in [-0.3, -0.25) is 0 Å². The third-order valence-electron chi connectivity index (χ3n) is 13.9. The van der Waals surface area contributed by atoms with Crippen LogP contribution in [0.3, 0.4) is 0 Å². The first-order chi connectivity index (χ1) is 34.6. The molecule has 5 heteroatoms. The van der Waals surface area contributed by atoms with E-state index < -0.39 is 5.41 Å². The summed E-state index contributed by atoms with van der Waals surface area (Å²) in [4.78, 5) is 15.4. The molecular weight excluding hydrogens is 853 g/mol. The maximum Gasteiger partial charge on any atom is 0.164 e. The molecule has 1 aliphatic rings. The molecule has 0 radical (unpaired) electrons. The van der Waals surface area contributed by atoms with Crippen LogP contribution in [0.4, 0.5) is 0 Å². The van der Waals surface area contributed by atoms with Crippen LogP contribution in [0.2, 0.25) is 0 Å². The first-order valence-corrected chi connectivity index (χ1v) is 23.5. The average molecular weight is 893 g/mol. The van der Waals surface area contributed by atoms with Crippen LogP contribution in [-0.4, -0.2) is 15.0 Å². The molecule has 0 fully saturated rings. The fourth-order valence-electron chi connectivity index (χ4n) is 10.7. The summed E-state index contributed by atoms with van der Waals surface area (Å²) in [7, 11) is 0. The van der Waals surface area contributed by atoms with Gasteiger partial charge in [-0.05, 0) is 109 Å². The van der Waals surface area contributed by atoms with Crippen LogP contribution in [0.5, 0.6) is 11.5 Å². The summed E-state index contributed by atoms with van der Waals surface area (Å²) in [6.45, 7) is 0. The minimum absolute atomic E-state index is 0.526. The zero-order valence-corrected chi connectivity index (χ0v) is 37.8. The quantitative estimate of drug-likeness (QED) is 0.149. The third-order valence-corrected chi connectivity index (χ3v) is 13.9. The molecule has 326 valence electrons. The number of aromatic nitrogens is 3. The Kier molecular flexibility index (Phi) is 9.71. The molecule has 5 nitrogen and oxygen atoms in total. The summed E-state index contributed by atoms with van der Waals surface area (Å²) in [5.41, 5.74) is 11.1. The number of nitriles is 1. The van der Waals surface area contributed by atoms with E-state index in [2.05, 4.69) is 224 Å². The van der Waals surface area contributed by atoms with Crippen molar-refractivity contribution in [3.05, 3.63) is 270 Å². The normalized spacial score (nSPS) is 12.5. The van der Waals surface area contributed by atoms with Crippen molar-refractivity contribution in [2.45, 2.75) is 5.41 Å². The predicted octanol–water partition coefficient (Wildman–Crippen LogP) is 16.0. The van der Waals surface area contributed by atoms with Crippen LogP contribution >= 0.6 is 0 Å². The summed E-state index contributed by atoms with van der Waals surface area (Å²) in [5, 5.41) is 16.7. The van der Waals surface area contributed by atoms with Crippen LogP contribution < -0.4 is 4.74 Å². The second-order valence-electron chi connectivity index (χ2n) is 17.8. The minimum Gasteiger partial charge on any atom is -0.456 e. The van der Waals surface area contributed by atoms with Crippen LogP contribution in [0.25, 0.3) is 88.7 Å². The Hall–Kier alpha value is -9.50. The molecule has 13 rings (SSSR count). The van der Waals surface area contributed by atoms with Crippen molar-refractivity contribution in [1.29, 1.82) is 5.26 Å². The van der Waals surface area contributed by atoms with E-state index >= 15 is 0 Å². The zero-order valence-electron chi connectivity index (χ0n) is 37.8. The van der Waals surface area contributed by atoms with Crippen LogP contribution in [0.1, 0.15) is 27.8 Å². The first kappa shape index (κ1) is 40.7. The number of para-hydroxylation sites is 2. The smallest absolute Gasteiger partial charge is 0.164 e. The molecule has 0 aliphatic carbocycles. The van der Waals surface area contributed by atoms with Crippen molar-refractivity contribution in [3.8, 4) is 74.0 Å². The number of hydrogen-bond acceptors (Lipinski definition) is 5. The summed E-state index contributed by atoms with van der Waals surface area (Å²) in [6.07, 6.45) is 0. The molecule has 0 amide bonds. The van der Waals surface area contributed by atoms with E-state index in [4.69, 9.17) is 19.7 Å². The molecule has 0 atom stereocenters. The van der Waals surface area contributed by atoms with Crippen molar-refractivity contribution in [1.82, 2.24) is 15.0 Å². The fourth-order valence-corrected chi connectivity index (χ4v) is 10.7. The average Bonchev–Trinajstić information content (AvgIpc) is 3.44. The summed E-state index contributed by atoms with van der Waals surface area (Å²) >= 11 is 0. The molecule has 0 spiro atoms. The van der Waals surface area contributed by atoms with E-state index in [9.17, 15) is 5.26 Å². The van der Waals surface area contributed by atoms with Gasteiger partial charge in [-0.1, -0.05) is 194 Å². The lowest BCUT2D eigenvalue weighted by Crippen LogP contribution is -2.34. The molecule has 0 N–H and O–H groups in total. The number of rotatable bonds is 7. The van der Waals surface area contributed by atoms with E-state index in [0.29, 0.717) is 23.0 Å². The SMILES string of the molecule is N#Cc1ccc(-c2nc(-c3cccc(-c4cccc(-c5cccc6c5Oc5ccccc5C6(c5ccccc5)c5ccccc5)c4)c3)nc(-c3ccc4c5ccccc5c5ccccc5c4c3)n2)cc1. The van der Waals surface area contributed by atoms with Crippen molar-refractivity contribution < 1.29 is 4.74 Å². The van der Waals surface area contributed by atoms with E-state index in [0.717, 1.165) is 67.0 Å². The highest BCUT2D eigenvalue weighted by Gasteiger charge is 2.45. The lowest BCUT2D eigenvalue weighted by atomic mass is 9.63. The van der Waals surface area contributed by atoms with Crippen molar-refractivity contribution >= 4 is 32.3 Å². The monoisotopic (exact) mass is 892 g/mol. The van der Waals surface area contributed by atoms with Gasteiger partial charge in [0.25, 0.3) is 0 Å². The molecule has 70 heavy (non-hydrogen) atoms. The van der Waals surface area contributed by atoms with Crippen molar-refractivity contribution in [2.24, 2.45) is 0 Å². The number of nitrogens with zero attached hydrogens (tertiary/aromatic N) is 4. The predicted molar refractivity (Wildman–Crippen MR) is 283 cm³/mol. The van der Waals surface area contributed by atoms with Gasteiger partial charge in [0.15, 0.2) is 17.5 Å². The van der Waals surface area contributed by atoms with Gasteiger partial charge in [0, 0.05) is 33.4 Å². The second kappa shape index (κ2) is 16.7. The second-order valence-corrected chi connectivity index (χ2v) is 17.8. The van der Waals surface area contributed by atoms with Gasteiger partial charge in [-0.2, -0.15) is 5.26 Å². The fraction of sp³-hybridized carbons (Fsp3) is 0.0154. The number of ether oxygens (including phenoxy) is 1. The Morgan fingerprint density at radius 2 is 0.800 bits per heavy atom. The lowest BCUT2D eigenvalue weighted by Gasteiger charge is -2.42. The first-order valence-electron chi connectivity index (χ1n) is 23.5. The van der Waals surface area contributed by atoms with E-state index in [1.807, 2.05) is 12.1 Å². The third kappa shape index (κ3) is 6.65. The Balaban J connectivity index is 0.939. The maximum absolute atomic E-state index is 9.61. The van der Waals surface area contributed by atoms with Crippen LogP contribution in [-0.2, 0) is 5.41 Å². The number of hydrogen-bond donors (Lipinski definition) is 0.